The van der Waals surface area contributed by atoms with E-state index in [1.807, 2.05) is 48.5 Å². The average Bonchev–Trinajstić information content (AvgIpc) is 2.59. The van der Waals surface area contributed by atoms with Gasteiger partial charge in [0, 0.05) is 17.5 Å². The lowest BCUT2D eigenvalue weighted by Crippen LogP contribution is -1.97. The Labute approximate surface area is 135 Å². The van der Waals surface area contributed by atoms with E-state index in [0.717, 1.165) is 22.1 Å². The van der Waals surface area contributed by atoms with E-state index in [2.05, 4.69) is 30.0 Å². The number of carboxylic acids is 1. The molecule has 0 radical (unpaired) electrons. The molecule has 1 N–H and O–H groups in total. The van der Waals surface area contributed by atoms with Gasteiger partial charge in [0.05, 0.1) is 0 Å². The Morgan fingerprint density at radius 3 is 2.39 bits per heavy atom. The molecule has 0 saturated carbocycles. The van der Waals surface area contributed by atoms with Gasteiger partial charge in [-0.1, -0.05) is 60.4 Å². The molecule has 0 amide bonds. The van der Waals surface area contributed by atoms with Crippen LogP contribution in [0.1, 0.15) is 23.1 Å². The quantitative estimate of drug-likeness (QED) is 0.734. The molecular formula is C21H16O2. The third kappa shape index (κ3) is 3.78. The topological polar surface area (TPSA) is 37.3 Å². The summed E-state index contributed by atoms with van der Waals surface area (Å²) < 4.78 is 0. The molecule has 0 heterocycles. The van der Waals surface area contributed by atoms with Gasteiger partial charge in [-0.2, -0.15) is 0 Å². The maximum atomic E-state index is 10.6. The maximum Gasteiger partial charge on any atom is 0.303 e. The van der Waals surface area contributed by atoms with Crippen LogP contribution >= 0.6 is 0 Å². The fourth-order valence-corrected chi connectivity index (χ4v) is 2.48. The van der Waals surface area contributed by atoms with Gasteiger partial charge in [0.2, 0.25) is 0 Å². The number of benzene rings is 3. The molecule has 0 atom stereocenters. The third-order valence-electron chi connectivity index (χ3n) is 3.71. The lowest BCUT2D eigenvalue weighted by atomic mass is 10.0. The molecule has 23 heavy (non-hydrogen) atoms. The predicted molar refractivity (Wildman–Crippen MR) is 92.3 cm³/mol. The Morgan fingerprint density at radius 1 is 0.870 bits per heavy atom. The van der Waals surface area contributed by atoms with Crippen LogP contribution in [0.2, 0.25) is 0 Å². The van der Waals surface area contributed by atoms with Crippen LogP contribution in [0.5, 0.6) is 0 Å². The van der Waals surface area contributed by atoms with E-state index < -0.39 is 5.97 Å². The van der Waals surface area contributed by atoms with E-state index in [4.69, 9.17) is 5.11 Å². The molecule has 0 spiro atoms. The summed E-state index contributed by atoms with van der Waals surface area (Å²) in [6, 6.07) is 22.1. The molecule has 3 rings (SSSR count). The van der Waals surface area contributed by atoms with E-state index in [1.165, 1.54) is 5.39 Å². The second-order valence-electron chi connectivity index (χ2n) is 5.37. The number of rotatable bonds is 3. The summed E-state index contributed by atoms with van der Waals surface area (Å²) in [7, 11) is 0. The number of hydrogen-bond acceptors (Lipinski definition) is 1. The van der Waals surface area contributed by atoms with E-state index in [9.17, 15) is 4.79 Å². The van der Waals surface area contributed by atoms with Gasteiger partial charge in [-0.25, -0.2) is 0 Å². The van der Waals surface area contributed by atoms with Crippen molar-refractivity contribution in [1.29, 1.82) is 0 Å². The van der Waals surface area contributed by atoms with Crippen molar-refractivity contribution in [2.75, 3.05) is 0 Å². The van der Waals surface area contributed by atoms with Gasteiger partial charge in [-0.05, 0) is 41.0 Å². The number of carbonyl (C=O) groups is 1. The molecule has 3 aromatic carbocycles. The van der Waals surface area contributed by atoms with E-state index >= 15 is 0 Å². The van der Waals surface area contributed by atoms with Gasteiger partial charge in [0.1, 0.15) is 0 Å². The number of hydrogen-bond donors (Lipinski definition) is 1. The smallest absolute Gasteiger partial charge is 0.303 e. The minimum Gasteiger partial charge on any atom is -0.481 e. The molecule has 0 saturated heterocycles. The van der Waals surface area contributed by atoms with Crippen LogP contribution in [0.3, 0.4) is 0 Å². The molecule has 112 valence electrons. The Kier molecular flexibility index (Phi) is 4.40. The van der Waals surface area contributed by atoms with E-state index in [0.29, 0.717) is 6.42 Å². The first kappa shape index (κ1) is 14.9. The summed E-state index contributed by atoms with van der Waals surface area (Å²) >= 11 is 0. The Hall–Kier alpha value is -3.05. The van der Waals surface area contributed by atoms with Gasteiger partial charge in [0.25, 0.3) is 0 Å². The van der Waals surface area contributed by atoms with Crippen LogP contribution in [-0.4, -0.2) is 11.1 Å². The highest BCUT2D eigenvalue weighted by Gasteiger charge is 1.99. The minimum atomic E-state index is -0.773. The van der Waals surface area contributed by atoms with Crippen LogP contribution in [0, 0.1) is 11.8 Å². The summed E-state index contributed by atoms with van der Waals surface area (Å²) in [6.45, 7) is 0. The summed E-state index contributed by atoms with van der Waals surface area (Å²) in [5.41, 5.74) is 2.96. The molecule has 0 aliphatic carbocycles. The second kappa shape index (κ2) is 6.81. The van der Waals surface area contributed by atoms with Crippen molar-refractivity contribution in [2.45, 2.75) is 12.8 Å². The van der Waals surface area contributed by atoms with Crippen molar-refractivity contribution in [1.82, 2.24) is 0 Å². The predicted octanol–water partition coefficient (Wildman–Crippen LogP) is 4.26. The number of fused-ring (bicyclic) bond motifs is 1. The van der Waals surface area contributed by atoms with Crippen LogP contribution in [0.25, 0.3) is 10.8 Å². The zero-order valence-corrected chi connectivity index (χ0v) is 12.6. The summed E-state index contributed by atoms with van der Waals surface area (Å²) in [5.74, 6) is 5.64. The van der Waals surface area contributed by atoms with E-state index in [1.54, 1.807) is 0 Å². The van der Waals surface area contributed by atoms with E-state index in [-0.39, 0.29) is 6.42 Å². The zero-order valence-electron chi connectivity index (χ0n) is 12.6. The highest BCUT2D eigenvalue weighted by atomic mass is 16.4. The first-order valence-electron chi connectivity index (χ1n) is 7.53. The molecule has 0 aliphatic rings. The highest BCUT2D eigenvalue weighted by Crippen LogP contribution is 2.17. The summed E-state index contributed by atoms with van der Waals surface area (Å²) in [6.07, 6.45) is 0.702. The standard InChI is InChI=1S/C21H16O2/c22-21(23)15-13-17-10-8-16(9-11-17)12-14-19-6-3-5-18-4-1-2-7-20(18)19/h1-11H,13,15H2,(H,22,23). The molecule has 2 heteroatoms. The van der Waals surface area contributed by atoms with Gasteiger partial charge in [-0.15, -0.1) is 0 Å². The third-order valence-corrected chi connectivity index (χ3v) is 3.71. The number of aryl methyl sites for hydroxylation is 1. The van der Waals surface area contributed by atoms with Gasteiger partial charge >= 0.3 is 5.97 Å². The average molecular weight is 300 g/mol. The lowest BCUT2D eigenvalue weighted by molar-refractivity contribution is -0.136. The van der Waals surface area contributed by atoms with Crippen molar-refractivity contribution >= 4 is 16.7 Å². The zero-order chi connectivity index (χ0) is 16.1. The van der Waals surface area contributed by atoms with Crippen molar-refractivity contribution in [2.24, 2.45) is 0 Å². The fraction of sp³-hybridized carbons (Fsp3) is 0.0952. The lowest BCUT2D eigenvalue weighted by Gasteiger charge is -2.00. The summed E-state index contributed by atoms with van der Waals surface area (Å²) in [5, 5.41) is 11.0. The number of aliphatic carboxylic acids is 1. The van der Waals surface area contributed by atoms with Crippen LogP contribution in [0.4, 0.5) is 0 Å². The monoisotopic (exact) mass is 300 g/mol. The Morgan fingerprint density at radius 2 is 1.61 bits per heavy atom. The van der Waals surface area contributed by atoms with Crippen LogP contribution in [0.15, 0.2) is 66.7 Å². The number of carboxylic acid groups (broad SMARTS) is 1. The highest BCUT2D eigenvalue weighted by molar-refractivity contribution is 5.88. The molecular weight excluding hydrogens is 284 g/mol. The van der Waals surface area contributed by atoms with Crippen molar-refractivity contribution in [3.05, 3.63) is 83.4 Å². The molecule has 0 unspecified atom stereocenters. The Bertz CT molecular complexity index is 891. The van der Waals surface area contributed by atoms with Gasteiger partial charge < -0.3 is 5.11 Å². The molecule has 0 aliphatic heterocycles. The van der Waals surface area contributed by atoms with Gasteiger partial charge in [0.15, 0.2) is 0 Å². The molecule has 0 aromatic heterocycles. The first-order valence-corrected chi connectivity index (χ1v) is 7.53. The normalized spacial score (nSPS) is 10.1. The Balaban J connectivity index is 1.82. The van der Waals surface area contributed by atoms with Crippen LogP contribution < -0.4 is 0 Å². The SMILES string of the molecule is O=C(O)CCc1ccc(C#Cc2cccc3ccccc23)cc1. The van der Waals surface area contributed by atoms with Crippen molar-refractivity contribution < 1.29 is 9.90 Å². The molecule has 0 fully saturated rings. The molecule has 3 aromatic rings. The fourth-order valence-electron chi connectivity index (χ4n) is 2.48. The molecule has 0 bridgehead atoms. The van der Waals surface area contributed by atoms with Crippen molar-refractivity contribution in [3.63, 3.8) is 0 Å². The largest absolute Gasteiger partial charge is 0.481 e. The maximum absolute atomic E-state index is 10.6. The van der Waals surface area contributed by atoms with Crippen LogP contribution in [-0.2, 0) is 11.2 Å². The van der Waals surface area contributed by atoms with Crippen molar-refractivity contribution in [3.8, 4) is 11.8 Å². The summed E-state index contributed by atoms with van der Waals surface area (Å²) in [4.78, 5) is 10.6. The minimum absolute atomic E-state index is 0.154. The second-order valence-corrected chi connectivity index (χ2v) is 5.37. The van der Waals surface area contributed by atoms with Gasteiger partial charge in [-0.3, -0.25) is 4.79 Å². The first-order chi connectivity index (χ1) is 11.2. The molecule has 2 nitrogen and oxygen atoms in total.